The minimum Gasteiger partial charge on any atom is -0.452 e. The molecule has 0 unspecified atom stereocenters. The van der Waals surface area contributed by atoms with Gasteiger partial charge in [-0.25, -0.2) is 4.79 Å². The van der Waals surface area contributed by atoms with Gasteiger partial charge in [0.05, 0.1) is 10.5 Å². The number of nitrogens with one attached hydrogen (secondary N) is 1. The number of esters is 1. The number of carbonyl (C=O) groups excluding carboxylic acids is 2. The minimum absolute atomic E-state index is 0.112. The molecule has 7 nitrogen and oxygen atoms in total. The Morgan fingerprint density at radius 2 is 1.95 bits per heavy atom. The number of nitro benzene ring substituents is 1. The molecule has 0 bridgehead atoms. The van der Waals surface area contributed by atoms with Crippen molar-refractivity contribution < 1.29 is 19.2 Å². The summed E-state index contributed by atoms with van der Waals surface area (Å²) in [6.07, 6.45) is 1.82. The van der Waals surface area contributed by atoms with Crippen molar-refractivity contribution in [2.45, 2.75) is 19.8 Å². The first-order valence-electron chi connectivity index (χ1n) is 6.23. The fraction of sp³-hybridized carbons (Fsp3) is 0.385. The van der Waals surface area contributed by atoms with Gasteiger partial charge in [-0.2, -0.15) is 0 Å². The first kappa shape index (κ1) is 15.6. The van der Waals surface area contributed by atoms with E-state index in [4.69, 9.17) is 4.74 Å². The van der Waals surface area contributed by atoms with Gasteiger partial charge in [0.15, 0.2) is 6.61 Å². The largest absolute Gasteiger partial charge is 0.452 e. The van der Waals surface area contributed by atoms with E-state index in [1.807, 2.05) is 6.92 Å². The van der Waals surface area contributed by atoms with E-state index in [-0.39, 0.29) is 23.8 Å². The van der Waals surface area contributed by atoms with Crippen LogP contribution in [0.15, 0.2) is 24.3 Å². The number of ether oxygens (including phenoxy) is 1. The van der Waals surface area contributed by atoms with Gasteiger partial charge in [0.2, 0.25) is 0 Å². The molecule has 0 saturated heterocycles. The highest BCUT2D eigenvalue weighted by Gasteiger charge is 2.12. The second kappa shape index (κ2) is 7.88. The average molecular weight is 280 g/mol. The summed E-state index contributed by atoms with van der Waals surface area (Å²) in [4.78, 5) is 32.8. The van der Waals surface area contributed by atoms with Gasteiger partial charge in [-0.15, -0.1) is 0 Å². The van der Waals surface area contributed by atoms with E-state index in [2.05, 4.69) is 5.32 Å². The van der Waals surface area contributed by atoms with Gasteiger partial charge >= 0.3 is 5.97 Å². The van der Waals surface area contributed by atoms with Crippen LogP contribution in [0.3, 0.4) is 0 Å². The number of amides is 1. The lowest BCUT2D eigenvalue weighted by Crippen LogP contribution is -2.29. The minimum atomic E-state index is -0.689. The molecule has 0 aromatic heterocycles. The summed E-state index contributed by atoms with van der Waals surface area (Å²) in [5.74, 6) is -1.06. The summed E-state index contributed by atoms with van der Waals surface area (Å²) in [7, 11) is 0. The number of non-ortho nitro benzene ring substituents is 1. The molecule has 7 heteroatoms. The molecule has 20 heavy (non-hydrogen) atoms. The van der Waals surface area contributed by atoms with Crippen molar-refractivity contribution in [3.63, 3.8) is 0 Å². The summed E-state index contributed by atoms with van der Waals surface area (Å²) in [5.41, 5.74) is 0.0517. The molecule has 1 N–H and O–H groups in total. The van der Waals surface area contributed by atoms with Gasteiger partial charge in [-0.05, 0) is 18.6 Å². The van der Waals surface area contributed by atoms with Gasteiger partial charge in [-0.3, -0.25) is 14.9 Å². The molecule has 1 aromatic carbocycles. The molecule has 0 radical (unpaired) electrons. The van der Waals surface area contributed by atoms with Crippen LogP contribution >= 0.6 is 0 Å². The number of carbonyl (C=O) groups is 2. The summed E-state index contributed by atoms with van der Waals surface area (Å²) >= 11 is 0. The van der Waals surface area contributed by atoms with Crippen LogP contribution in [0.1, 0.15) is 30.1 Å². The monoisotopic (exact) mass is 280 g/mol. The third-order valence-corrected chi connectivity index (χ3v) is 2.50. The van der Waals surface area contributed by atoms with Crippen molar-refractivity contribution in [3.8, 4) is 0 Å². The van der Waals surface area contributed by atoms with Crippen LogP contribution < -0.4 is 5.32 Å². The summed E-state index contributed by atoms with van der Waals surface area (Å²) in [5, 5.41) is 13.1. The Balaban J connectivity index is 2.42. The highest BCUT2D eigenvalue weighted by Crippen LogP contribution is 2.12. The summed E-state index contributed by atoms with van der Waals surface area (Å²) in [6.45, 7) is 2.19. The van der Waals surface area contributed by atoms with Gasteiger partial charge in [-0.1, -0.05) is 13.3 Å². The zero-order valence-corrected chi connectivity index (χ0v) is 11.1. The highest BCUT2D eigenvalue weighted by molar-refractivity contribution is 5.91. The second-order valence-electron chi connectivity index (χ2n) is 4.08. The Kier molecular flexibility index (Phi) is 6.15. The lowest BCUT2D eigenvalue weighted by atomic mass is 10.2. The van der Waals surface area contributed by atoms with Crippen molar-refractivity contribution in [1.29, 1.82) is 0 Å². The Hall–Kier alpha value is -2.44. The van der Waals surface area contributed by atoms with E-state index in [0.717, 1.165) is 12.8 Å². The zero-order chi connectivity index (χ0) is 15.0. The topological polar surface area (TPSA) is 98.5 Å². The fourth-order valence-electron chi connectivity index (χ4n) is 1.39. The van der Waals surface area contributed by atoms with Crippen LogP contribution in [0.5, 0.6) is 0 Å². The predicted molar refractivity (Wildman–Crippen MR) is 71.3 cm³/mol. The van der Waals surface area contributed by atoms with Gasteiger partial charge in [0.25, 0.3) is 11.6 Å². The van der Waals surface area contributed by atoms with Crippen LogP contribution in [0, 0.1) is 10.1 Å². The van der Waals surface area contributed by atoms with Crippen molar-refractivity contribution in [2.75, 3.05) is 13.2 Å². The van der Waals surface area contributed by atoms with E-state index in [1.165, 1.54) is 24.3 Å². The van der Waals surface area contributed by atoms with Gasteiger partial charge in [0, 0.05) is 18.7 Å². The van der Waals surface area contributed by atoms with Gasteiger partial charge < -0.3 is 10.1 Å². The van der Waals surface area contributed by atoms with Crippen molar-refractivity contribution in [2.24, 2.45) is 0 Å². The third-order valence-electron chi connectivity index (χ3n) is 2.50. The highest BCUT2D eigenvalue weighted by atomic mass is 16.6. The molecule has 0 aliphatic carbocycles. The lowest BCUT2D eigenvalue weighted by molar-refractivity contribution is -0.384. The van der Waals surface area contributed by atoms with E-state index < -0.39 is 10.9 Å². The number of rotatable bonds is 7. The SMILES string of the molecule is CCCCNC(=O)COC(=O)c1ccc([N+](=O)[O-])cc1. The molecule has 0 aliphatic rings. The van der Waals surface area contributed by atoms with Crippen molar-refractivity contribution in [1.82, 2.24) is 5.32 Å². The fourth-order valence-corrected chi connectivity index (χ4v) is 1.39. The molecule has 1 aromatic rings. The molecule has 0 spiro atoms. The van der Waals surface area contributed by atoms with Crippen molar-refractivity contribution in [3.05, 3.63) is 39.9 Å². The lowest BCUT2D eigenvalue weighted by Gasteiger charge is -2.05. The molecule has 0 saturated carbocycles. The first-order valence-corrected chi connectivity index (χ1v) is 6.23. The standard InChI is InChI=1S/C13H16N2O5/c1-2-3-8-14-12(16)9-20-13(17)10-4-6-11(7-5-10)15(18)19/h4-7H,2-3,8-9H2,1H3,(H,14,16). The summed E-state index contributed by atoms with van der Waals surface area (Å²) in [6, 6.07) is 4.99. The predicted octanol–water partition coefficient (Wildman–Crippen LogP) is 1.67. The third kappa shape index (κ3) is 5.05. The maximum atomic E-state index is 11.6. The van der Waals surface area contributed by atoms with Gasteiger partial charge in [0.1, 0.15) is 0 Å². The molecule has 108 valence electrons. The zero-order valence-electron chi connectivity index (χ0n) is 11.1. The van der Waals surface area contributed by atoms with E-state index in [9.17, 15) is 19.7 Å². The molecule has 0 atom stereocenters. The molecular weight excluding hydrogens is 264 g/mol. The first-order chi connectivity index (χ1) is 9.54. The maximum absolute atomic E-state index is 11.6. The van der Waals surface area contributed by atoms with E-state index >= 15 is 0 Å². The number of hydrogen-bond donors (Lipinski definition) is 1. The smallest absolute Gasteiger partial charge is 0.338 e. The quantitative estimate of drug-likeness (QED) is 0.354. The van der Waals surface area contributed by atoms with Crippen molar-refractivity contribution >= 4 is 17.6 Å². The van der Waals surface area contributed by atoms with Crippen LogP contribution in [0.2, 0.25) is 0 Å². The molecule has 0 heterocycles. The van der Waals surface area contributed by atoms with E-state index in [1.54, 1.807) is 0 Å². The number of nitrogens with zero attached hydrogens (tertiary/aromatic N) is 1. The Labute approximate surface area is 116 Å². The molecule has 1 amide bonds. The number of unbranched alkanes of at least 4 members (excludes halogenated alkanes) is 1. The maximum Gasteiger partial charge on any atom is 0.338 e. The number of hydrogen-bond acceptors (Lipinski definition) is 5. The van der Waals surface area contributed by atoms with Crippen LogP contribution in [0.25, 0.3) is 0 Å². The molecular formula is C13H16N2O5. The Morgan fingerprint density at radius 3 is 2.50 bits per heavy atom. The number of nitro groups is 1. The normalized spacial score (nSPS) is 9.85. The van der Waals surface area contributed by atoms with E-state index in [0.29, 0.717) is 6.54 Å². The molecule has 1 rings (SSSR count). The Morgan fingerprint density at radius 1 is 1.30 bits per heavy atom. The second-order valence-corrected chi connectivity index (χ2v) is 4.08. The van der Waals surface area contributed by atoms with Crippen LogP contribution in [-0.4, -0.2) is 30.0 Å². The van der Waals surface area contributed by atoms with Crippen LogP contribution in [-0.2, 0) is 9.53 Å². The van der Waals surface area contributed by atoms with Crippen LogP contribution in [0.4, 0.5) is 5.69 Å². The average Bonchev–Trinajstić information content (AvgIpc) is 2.45. The Bertz CT molecular complexity index is 484. The molecule has 0 fully saturated rings. The molecule has 0 aliphatic heterocycles. The summed E-state index contributed by atoms with van der Waals surface area (Å²) < 4.78 is 4.80. The number of benzene rings is 1.